The van der Waals surface area contributed by atoms with Gasteiger partial charge in [0.1, 0.15) is 11.6 Å². The van der Waals surface area contributed by atoms with E-state index in [1.54, 1.807) is 6.07 Å². The van der Waals surface area contributed by atoms with Crippen LogP contribution < -0.4 is 22.3 Å². The van der Waals surface area contributed by atoms with E-state index in [0.717, 1.165) is 5.92 Å². The highest BCUT2D eigenvalue weighted by atomic mass is 15.3. The topological polar surface area (TPSA) is 102 Å². The molecule has 0 aromatic carbocycles. The summed E-state index contributed by atoms with van der Waals surface area (Å²) >= 11 is 0. The molecule has 0 saturated heterocycles. The Hall–Kier alpha value is -1.56. The molecular formula is C10H18N6. The van der Waals surface area contributed by atoms with Crippen molar-refractivity contribution < 1.29 is 0 Å². The first-order valence-corrected chi connectivity index (χ1v) is 5.55. The number of nitrogen functional groups attached to an aromatic ring is 2. The highest BCUT2D eigenvalue weighted by Crippen LogP contribution is 2.34. The van der Waals surface area contributed by atoms with Gasteiger partial charge in [-0.2, -0.15) is 9.97 Å². The van der Waals surface area contributed by atoms with Gasteiger partial charge in [-0.15, -0.1) is 0 Å². The molecule has 6 heteroatoms. The Kier molecular flexibility index (Phi) is 3.09. The Labute approximate surface area is 94.8 Å². The number of nitrogens with one attached hydrogen (secondary N) is 2. The number of aromatic nitrogens is 2. The molecule has 0 amide bonds. The Morgan fingerprint density at radius 3 is 2.75 bits per heavy atom. The van der Waals surface area contributed by atoms with E-state index in [1.807, 2.05) is 0 Å². The average molecular weight is 222 g/mol. The molecule has 0 radical (unpaired) electrons. The fraction of sp³-hybridized carbons (Fsp3) is 0.600. The average Bonchev–Trinajstić information content (AvgIpc) is 3.00. The number of nitrogens with zero attached hydrogens (tertiary/aromatic N) is 2. The standard InChI is InChI=1S/C10H18N6/c1-6(4-7-2-3-7)13-8-5-9(16-12)15-10(11)14-8/h5-7H,2-4,12H2,1H3,(H4,11,13,14,15,16). The predicted molar refractivity (Wildman–Crippen MR) is 64.7 cm³/mol. The van der Waals surface area contributed by atoms with Crippen LogP contribution in [0.2, 0.25) is 0 Å². The molecule has 6 N–H and O–H groups in total. The second kappa shape index (κ2) is 4.52. The first kappa shape index (κ1) is 10.9. The van der Waals surface area contributed by atoms with Crippen molar-refractivity contribution in [2.24, 2.45) is 11.8 Å². The van der Waals surface area contributed by atoms with Gasteiger partial charge in [0.05, 0.1) is 0 Å². The van der Waals surface area contributed by atoms with E-state index in [-0.39, 0.29) is 5.95 Å². The van der Waals surface area contributed by atoms with E-state index in [0.29, 0.717) is 17.7 Å². The molecule has 0 bridgehead atoms. The van der Waals surface area contributed by atoms with Crippen molar-refractivity contribution in [3.63, 3.8) is 0 Å². The van der Waals surface area contributed by atoms with Gasteiger partial charge in [-0.05, 0) is 19.3 Å². The van der Waals surface area contributed by atoms with Gasteiger partial charge in [0.15, 0.2) is 0 Å². The molecule has 0 spiro atoms. The molecule has 1 aliphatic rings. The van der Waals surface area contributed by atoms with Crippen LogP contribution in [0.5, 0.6) is 0 Å². The van der Waals surface area contributed by atoms with Crippen molar-refractivity contribution in [2.45, 2.75) is 32.2 Å². The van der Waals surface area contributed by atoms with Crippen LogP contribution in [0, 0.1) is 5.92 Å². The molecule has 1 fully saturated rings. The van der Waals surface area contributed by atoms with Crippen LogP contribution in [0.25, 0.3) is 0 Å². The number of anilines is 3. The normalized spacial score (nSPS) is 16.9. The van der Waals surface area contributed by atoms with E-state index in [1.165, 1.54) is 19.3 Å². The van der Waals surface area contributed by atoms with Crippen LogP contribution in [0.4, 0.5) is 17.6 Å². The fourth-order valence-corrected chi connectivity index (χ4v) is 1.78. The summed E-state index contributed by atoms with van der Waals surface area (Å²) in [7, 11) is 0. The van der Waals surface area contributed by atoms with Gasteiger partial charge in [-0.1, -0.05) is 12.8 Å². The van der Waals surface area contributed by atoms with Crippen LogP contribution in [0.15, 0.2) is 6.07 Å². The monoisotopic (exact) mass is 222 g/mol. The molecule has 1 unspecified atom stereocenters. The largest absolute Gasteiger partial charge is 0.368 e. The molecule has 1 saturated carbocycles. The number of hydrogen-bond acceptors (Lipinski definition) is 6. The number of rotatable bonds is 5. The summed E-state index contributed by atoms with van der Waals surface area (Å²) in [6, 6.07) is 2.15. The van der Waals surface area contributed by atoms with Gasteiger partial charge < -0.3 is 16.5 Å². The van der Waals surface area contributed by atoms with Gasteiger partial charge in [0, 0.05) is 12.1 Å². The fourth-order valence-electron chi connectivity index (χ4n) is 1.78. The van der Waals surface area contributed by atoms with Crippen LogP contribution in [-0.4, -0.2) is 16.0 Å². The zero-order valence-corrected chi connectivity index (χ0v) is 9.40. The van der Waals surface area contributed by atoms with E-state index < -0.39 is 0 Å². The molecule has 1 heterocycles. The van der Waals surface area contributed by atoms with Crippen molar-refractivity contribution in [1.29, 1.82) is 0 Å². The summed E-state index contributed by atoms with van der Waals surface area (Å²) < 4.78 is 0. The van der Waals surface area contributed by atoms with E-state index in [4.69, 9.17) is 11.6 Å². The van der Waals surface area contributed by atoms with Gasteiger partial charge in [0.25, 0.3) is 0 Å². The molecule has 0 aliphatic heterocycles. The molecular weight excluding hydrogens is 204 g/mol. The maximum Gasteiger partial charge on any atom is 0.223 e. The second-order valence-corrected chi connectivity index (χ2v) is 4.37. The zero-order valence-electron chi connectivity index (χ0n) is 9.40. The molecule has 1 aromatic heterocycles. The maximum atomic E-state index is 5.57. The van der Waals surface area contributed by atoms with Crippen molar-refractivity contribution in [3.05, 3.63) is 6.07 Å². The Morgan fingerprint density at radius 2 is 2.12 bits per heavy atom. The highest BCUT2D eigenvalue weighted by Gasteiger charge is 2.23. The molecule has 16 heavy (non-hydrogen) atoms. The Bertz CT molecular complexity index is 362. The number of hydrogen-bond donors (Lipinski definition) is 4. The third kappa shape index (κ3) is 2.96. The third-order valence-electron chi connectivity index (χ3n) is 2.67. The first-order valence-electron chi connectivity index (χ1n) is 5.55. The van der Waals surface area contributed by atoms with Crippen LogP contribution in [0.3, 0.4) is 0 Å². The third-order valence-corrected chi connectivity index (χ3v) is 2.67. The smallest absolute Gasteiger partial charge is 0.223 e. The molecule has 1 aliphatic carbocycles. The van der Waals surface area contributed by atoms with Crippen LogP contribution >= 0.6 is 0 Å². The summed E-state index contributed by atoms with van der Waals surface area (Å²) in [5.74, 6) is 7.63. The Morgan fingerprint density at radius 1 is 1.44 bits per heavy atom. The lowest BCUT2D eigenvalue weighted by atomic mass is 10.1. The van der Waals surface area contributed by atoms with Gasteiger partial charge in [-0.25, -0.2) is 5.84 Å². The first-order chi connectivity index (χ1) is 7.67. The van der Waals surface area contributed by atoms with Gasteiger partial charge in [-0.3, -0.25) is 0 Å². The van der Waals surface area contributed by atoms with E-state index in [9.17, 15) is 0 Å². The summed E-state index contributed by atoms with van der Waals surface area (Å²) in [5, 5.41) is 3.30. The number of nitrogens with two attached hydrogens (primary N) is 2. The molecule has 1 atom stereocenters. The molecule has 6 nitrogen and oxygen atoms in total. The summed E-state index contributed by atoms with van der Waals surface area (Å²) in [5.41, 5.74) is 8.03. The summed E-state index contributed by atoms with van der Waals surface area (Å²) in [4.78, 5) is 8.03. The van der Waals surface area contributed by atoms with Crippen LogP contribution in [-0.2, 0) is 0 Å². The lowest BCUT2D eigenvalue weighted by molar-refractivity contribution is 0.640. The van der Waals surface area contributed by atoms with E-state index >= 15 is 0 Å². The zero-order chi connectivity index (χ0) is 11.5. The van der Waals surface area contributed by atoms with Gasteiger partial charge >= 0.3 is 0 Å². The summed E-state index contributed by atoms with van der Waals surface area (Å²) in [6.45, 7) is 2.15. The number of hydrazine groups is 1. The highest BCUT2D eigenvalue weighted by molar-refractivity contribution is 5.50. The maximum absolute atomic E-state index is 5.57. The minimum absolute atomic E-state index is 0.219. The van der Waals surface area contributed by atoms with Crippen molar-refractivity contribution in [2.75, 3.05) is 16.5 Å². The Balaban J connectivity index is 1.98. The van der Waals surface area contributed by atoms with Crippen molar-refractivity contribution in [3.8, 4) is 0 Å². The van der Waals surface area contributed by atoms with Crippen molar-refractivity contribution in [1.82, 2.24) is 9.97 Å². The minimum Gasteiger partial charge on any atom is -0.368 e. The second-order valence-electron chi connectivity index (χ2n) is 4.37. The van der Waals surface area contributed by atoms with Crippen LogP contribution in [0.1, 0.15) is 26.2 Å². The van der Waals surface area contributed by atoms with Crippen molar-refractivity contribution >= 4 is 17.6 Å². The predicted octanol–water partition coefficient (Wildman–Crippen LogP) is 0.945. The quantitative estimate of drug-likeness (QED) is 0.437. The SMILES string of the molecule is CC(CC1CC1)Nc1cc(NN)nc(N)n1. The lowest BCUT2D eigenvalue weighted by Gasteiger charge is -2.14. The molecule has 88 valence electrons. The van der Waals surface area contributed by atoms with Gasteiger partial charge in [0.2, 0.25) is 5.95 Å². The molecule has 2 rings (SSSR count). The minimum atomic E-state index is 0.219. The van der Waals surface area contributed by atoms with E-state index in [2.05, 4.69) is 27.6 Å². The molecule has 1 aromatic rings. The lowest BCUT2D eigenvalue weighted by Crippen LogP contribution is -2.18. The summed E-state index contributed by atoms with van der Waals surface area (Å²) in [6.07, 6.45) is 3.89.